The summed E-state index contributed by atoms with van der Waals surface area (Å²) in [5.41, 5.74) is 6.24. The molecule has 6 nitrogen and oxygen atoms in total. The van der Waals surface area contributed by atoms with E-state index in [2.05, 4.69) is 67.8 Å². The molecule has 30 heavy (non-hydrogen) atoms. The average molecular weight is 536 g/mol. The number of benzene rings is 1. The first kappa shape index (κ1) is 21.9. The predicted octanol–water partition coefficient (Wildman–Crippen LogP) is 5.02. The Bertz CT molecular complexity index is 989. The third-order valence-electron chi connectivity index (χ3n) is 6.18. The minimum atomic E-state index is 0.424. The monoisotopic (exact) mass is 536 g/mol. The van der Waals surface area contributed by atoms with Gasteiger partial charge in [-0.05, 0) is 77.8 Å². The SMILES string of the molecule is CC/C=N\C1=C(C(=N)N2CCNCC2)CCC(c2c(C)ccc3c2cnn3PI)C1. The zero-order chi connectivity index (χ0) is 21.1. The van der Waals surface area contributed by atoms with Crippen molar-refractivity contribution in [3.63, 3.8) is 0 Å². The molecule has 4 rings (SSSR count). The summed E-state index contributed by atoms with van der Waals surface area (Å²) in [5, 5.41) is 18.2. The fourth-order valence-corrected chi connectivity index (χ4v) is 6.22. The van der Waals surface area contributed by atoms with Gasteiger partial charge >= 0.3 is 0 Å². The van der Waals surface area contributed by atoms with Gasteiger partial charge in [0.15, 0.2) is 0 Å². The van der Waals surface area contributed by atoms with Crippen molar-refractivity contribution >= 4 is 51.4 Å². The van der Waals surface area contributed by atoms with Crippen molar-refractivity contribution in [1.82, 2.24) is 19.8 Å². The first-order valence-electron chi connectivity index (χ1n) is 10.8. The molecule has 2 aliphatic rings. The third-order valence-corrected chi connectivity index (χ3v) is 8.07. The Balaban J connectivity index is 1.69. The molecule has 2 aromatic rings. The van der Waals surface area contributed by atoms with Crippen LogP contribution in [0, 0.1) is 12.3 Å². The number of allylic oxidation sites excluding steroid dienone is 1. The lowest BCUT2D eigenvalue weighted by Gasteiger charge is -2.34. The van der Waals surface area contributed by atoms with E-state index in [0.717, 1.165) is 63.1 Å². The van der Waals surface area contributed by atoms with Gasteiger partial charge in [0.05, 0.1) is 18.1 Å². The molecule has 2 unspecified atom stereocenters. The quantitative estimate of drug-likeness (QED) is 0.244. The molecule has 2 atom stereocenters. The number of piperazine rings is 1. The maximum atomic E-state index is 8.87. The van der Waals surface area contributed by atoms with Gasteiger partial charge in [0.1, 0.15) is 5.84 Å². The van der Waals surface area contributed by atoms with Crippen LogP contribution in [0.2, 0.25) is 0 Å². The molecule has 1 aliphatic heterocycles. The van der Waals surface area contributed by atoms with Crippen molar-refractivity contribution in [2.75, 3.05) is 26.2 Å². The molecule has 2 N–H and O–H groups in total. The Kier molecular flexibility index (Phi) is 7.21. The molecule has 1 saturated heterocycles. The predicted molar refractivity (Wildman–Crippen MR) is 137 cm³/mol. The highest BCUT2D eigenvalue weighted by Gasteiger charge is 2.29. The Hall–Kier alpha value is -1.31. The van der Waals surface area contributed by atoms with Crippen molar-refractivity contribution in [2.45, 2.75) is 45.4 Å². The maximum Gasteiger partial charge on any atom is 0.125 e. The van der Waals surface area contributed by atoms with Crippen LogP contribution in [-0.4, -0.2) is 52.7 Å². The minimum absolute atomic E-state index is 0.424. The molecule has 1 aromatic heterocycles. The zero-order valence-electron chi connectivity index (χ0n) is 17.7. The second-order valence-corrected chi connectivity index (χ2v) is 10.1. The fourth-order valence-electron chi connectivity index (χ4n) is 4.68. The van der Waals surface area contributed by atoms with Gasteiger partial charge in [-0.3, -0.25) is 10.4 Å². The lowest BCUT2D eigenvalue weighted by Crippen LogP contribution is -2.47. The van der Waals surface area contributed by atoms with Crippen LogP contribution in [0.5, 0.6) is 0 Å². The van der Waals surface area contributed by atoms with Gasteiger partial charge < -0.3 is 10.2 Å². The molecule has 0 saturated carbocycles. The molecule has 1 aromatic carbocycles. The van der Waals surface area contributed by atoms with Crippen molar-refractivity contribution < 1.29 is 0 Å². The summed E-state index contributed by atoms with van der Waals surface area (Å²) in [6.45, 7) is 8.06. The number of amidine groups is 1. The lowest BCUT2D eigenvalue weighted by molar-refractivity contribution is 0.353. The van der Waals surface area contributed by atoms with Crippen LogP contribution in [0.3, 0.4) is 0 Å². The van der Waals surface area contributed by atoms with Crippen LogP contribution in [0.25, 0.3) is 10.9 Å². The molecule has 160 valence electrons. The molecular weight excluding hydrogens is 506 g/mol. The number of halogens is 1. The maximum absolute atomic E-state index is 8.87. The Morgan fingerprint density at radius 2 is 2.20 bits per heavy atom. The number of fused-ring (bicyclic) bond motifs is 1. The van der Waals surface area contributed by atoms with Gasteiger partial charge in [-0.2, -0.15) is 5.10 Å². The van der Waals surface area contributed by atoms with Crippen LogP contribution in [-0.2, 0) is 0 Å². The zero-order valence-corrected chi connectivity index (χ0v) is 20.9. The number of aliphatic imine (C=N–C) groups is 1. The van der Waals surface area contributed by atoms with E-state index in [4.69, 9.17) is 10.4 Å². The topological polar surface area (TPSA) is 69.3 Å². The second-order valence-electron chi connectivity index (χ2n) is 8.04. The summed E-state index contributed by atoms with van der Waals surface area (Å²) >= 11 is 2.39. The number of aryl methyl sites for hydroxylation is 1. The van der Waals surface area contributed by atoms with Gasteiger partial charge in [0.2, 0.25) is 0 Å². The first-order valence-corrected chi connectivity index (χ1v) is 14.8. The standard InChI is InChI=1S/C22H30IN6P/c1-3-8-26-19-13-16(5-6-17(19)22(24)28-11-9-25-10-12-28)21-15(2)4-7-20-18(21)14-27-29(20)30-23/h4,7-8,14,16,24-25,30H,3,5-6,9-13H2,1-2H3/b24-22?,26-8-. The Labute approximate surface area is 193 Å². The molecule has 0 radical (unpaired) electrons. The number of nitrogens with zero attached hydrogens (tertiary/aromatic N) is 4. The first-order chi connectivity index (χ1) is 14.6. The van der Waals surface area contributed by atoms with E-state index in [0.29, 0.717) is 18.1 Å². The fraction of sp³-hybridized carbons (Fsp3) is 0.500. The van der Waals surface area contributed by atoms with Gasteiger partial charge in [-0.25, -0.2) is 4.45 Å². The molecule has 0 spiro atoms. The molecule has 0 bridgehead atoms. The summed E-state index contributed by atoms with van der Waals surface area (Å²) < 4.78 is 2.10. The third kappa shape index (κ3) is 4.34. The number of hydrogen-bond acceptors (Lipinski definition) is 4. The second kappa shape index (κ2) is 9.88. The van der Waals surface area contributed by atoms with E-state index in [1.165, 1.54) is 22.0 Å². The highest BCUT2D eigenvalue weighted by molar-refractivity contribution is 14.2. The highest BCUT2D eigenvalue weighted by Crippen LogP contribution is 2.42. The van der Waals surface area contributed by atoms with Crippen LogP contribution in [0.4, 0.5) is 0 Å². The minimum Gasteiger partial charge on any atom is -0.354 e. The van der Waals surface area contributed by atoms with E-state index in [-0.39, 0.29) is 0 Å². The Morgan fingerprint density at radius 1 is 1.40 bits per heavy atom. The lowest BCUT2D eigenvalue weighted by atomic mass is 9.79. The van der Waals surface area contributed by atoms with Crippen LogP contribution < -0.4 is 5.32 Å². The molecule has 0 amide bonds. The normalized spacial score (nSPS) is 20.9. The van der Waals surface area contributed by atoms with Gasteiger partial charge in [0.25, 0.3) is 0 Å². The van der Waals surface area contributed by atoms with Crippen LogP contribution >= 0.6 is 28.4 Å². The molecular formula is C22H30IN6P. The number of aromatic nitrogens is 2. The largest absolute Gasteiger partial charge is 0.354 e. The van der Waals surface area contributed by atoms with Gasteiger partial charge in [-0.15, -0.1) is 0 Å². The van der Waals surface area contributed by atoms with Crippen molar-refractivity contribution in [2.24, 2.45) is 4.99 Å². The van der Waals surface area contributed by atoms with E-state index in [1.54, 1.807) is 0 Å². The van der Waals surface area contributed by atoms with Crippen LogP contribution in [0.15, 0.2) is 34.6 Å². The van der Waals surface area contributed by atoms with E-state index >= 15 is 0 Å². The molecule has 1 fully saturated rings. The summed E-state index contributed by atoms with van der Waals surface area (Å²) in [5.74, 6) is 1.11. The Morgan fingerprint density at radius 3 is 2.93 bits per heavy atom. The molecule has 1 aliphatic carbocycles. The molecule has 2 heterocycles. The van der Waals surface area contributed by atoms with Crippen molar-refractivity contribution in [3.8, 4) is 0 Å². The number of rotatable bonds is 5. The summed E-state index contributed by atoms with van der Waals surface area (Å²) in [6, 6.07) is 4.44. The molecule has 8 heteroatoms. The number of nitrogens with one attached hydrogen (secondary N) is 2. The number of hydrogen-bond donors (Lipinski definition) is 2. The van der Waals surface area contributed by atoms with Crippen molar-refractivity contribution in [3.05, 3.63) is 40.7 Å². The smallest absolute Gasteiger partial charge is 0.125 e. The average Bonchev–Trinajstić information content (AvgIpc) is 3.20. The van der Waals surface area contributed by atoms with Crippen molar-refractivity contribution in [1.29, 1.82) is 5.41 Å². The van der Waals surface area contributed by atoms with E-state index in [1.807, 2.05) is 12.4 Å². The summed E-state index contributed by atoms with van der Waals surface area (Å²) in [7, 11) is 0. The highest BCUT2D eigenvalue weighted by atomic mass is 127. The van der Waals surface area contributed by atoms with E-state index in [9.17, 15) is 0 Å². The summed E-state index contributed by atoms with van der Waals surface area (Å²) in [6.07, 6.45) is 8.45. The van der Waals surface area contributed by atoms with Crippen LogP contribution in [0.1, 0.15) is 49.7 Å². The summed E-state index contributed by atoms with van der Waals surface area (Å²) in [4.78, 5) is 7.07. The van der Waals surface area contributed by atoms with E-state index < -0.39 is 0 Å². The van der Waals surface area contributed by atoms with Gasteiger partial charge in [0, 0.05) is 49.0 Å². The van der Waals surface area contributed by atoms with Gasteiger partial charge in [-0.1, -0.05) is 13.0 Å².